The number of carbonyl (C=O) groups excluding carboxylic acids is 1. The molecule has 18 heavy (non-hydrogen) atoms. The van der Waals surface area contributed by atoms with Crippen molar-refractivity contribution >= 4 is 21.8 Å². The summed E-state index contributed by atoms with van der Waals surface area (Å²) < 4.78 is 0.598. The van der Waals surface area contributed by atoms with Gasteiger partial charge in [0.2, 0.25) is 0 Å². The van der Waals surface area contributed by atoms with E-state index in [2.05, 4.69) is 38.1 Å². The Morgan fingerprint density at radius 2 is 2.50 bits per heavy atom. The SMILES string of the molecule is CCN1CCCC1CNC(=O)c1cccnc1Br. The molecule has 98 valence electrons. The third kappa shape index (κ3) is 3.09. The van der Waals surface area contributed by atoms with Crippen LogP contribution in [0.25, 0.3) is 0 Å². The summed E-state index contributed by atoms with van der Waals surface area (Å²) in [6, 6.07) is 4.03. The minimum Gasteiger partial charge on any atom is -0.350 e. The Morgan fingerprint density at radius 3 is 3.22 bits per heavy atom. The van der Waals surface area contributed by atoms with Gasteiger partial charge in [0, 0.05) is 18.8 Å². The van der Waals surface area contributed by atoms with Crippen LogP contribution in [0.2, 0.25) is 0 Å². The van der Waals surface area contributed by atoms with Gasteiger partial charge >= 0.3 is 0 Å². The zero-order valence-electron chi connectivity index (χ0n) is 10.5. The predicted octanol–water partition coefficient (Wildman–Crippen LogP) is 2.06. The van der Waals surface area contributed by atoms with Crippen LogP contribution in [0.4, 0.5) is 0 Å². The van der Waals surface area contributed by atoms with Crippen LogP contribution in [-0.2, 0) is 0 Å². The highest BCUT2D eigenvalue weighted by Gasteiger charge is 2.23. The van der Waals surface area contributed by atoms with Crippen molar-refractivity contribution in [2.24, 2.45) is 0 Å². The third-order valence-corrected chi connectivity index (χ3v) is 4.04. The lowest BCUT2D eigenvalue weighted by atomic mass is 10.2. The van der Waals surface area contributed by atoms with Gasteiger partial charge < -0.3 is 5.32 Å². The van der Waals surface area contributed by atoms with Crippen LogP contribution < -0.4 is 5.32 Å². The number of likely N-dealkylation sites (tertiary alicyclic amines) is 1. The number of nitrogens with one attached hydrogen (secondary N) is 1. The first kappa shape index (κ1) is 13.5. The van der Waals surface area contributed by atoms with E-state index in [9.17, 15) is 4.79 Å². The van der Waals surface area contributed by atoms with Crippen molar-refractivity contribution < 1.29 is 4.79 Å². The van der Waals surface area contributed by atoms with Gasteiger partial charge in [-0.3, -0.25) is 9.69 Å². The molecule has 0 aromatic carbocycles. The highest BCUT2D eigenvalue weighted by Crippen LogP contribution is 2.16. The van der Waals surface area contributed by atoms with Gasteiger partial charge in [0.05, 0.1) is 5.56 Å². The molecule has 2 rings (SSSR count). The Morgan fingerprint density at radius 1 is 1.67 bits per heavy atom. The fraction of sp³-hybridized carbons (Fsp3) is 0.538. The fourth-order valence-corrected chi connectivity index (χ4v) is 2.83. The van der Waals surface area contributed by atoms with Crippen molar-refractivity contribution in [3.8, 4) is 0 Å². The molecule has 1 fully saturated rings. The molecule has 0 bridgehead atoms. The predicted molar refractivity (Wildman–Crippen MR) is 74.5 cm³/mol. The molecule has 1 aliphatic heterocycles. The summed E-state index contributed by atoms with van der Waals surface area (Å²) in [4.78, 5) is 18.5. The van der Waals surface area contributed by atoms with Crippen molar-refractivity contribution in [3.05, 3.63) is 28.5 Å². The minimum absolute atomic E-state index is 0.0575. The number of carbonyl (C=O) groups is 1. The summed E-state index contributed by atoms with van der Waals surface area (Å²) in [5.74, 6) is -0.0575. The molecular formula is C13H18BrN3O. The van der Waals surface area contributed by atoms with Crippen LogP contribution in [0.15, 0.2) is 22.9 Å². The van der Waals surface area contributed by atoms with E-state index in [4.69, 9.17) is 0 Å². The van der Waals surface area contributed by atoms with Crippen LogP contribution in [-0.4, -0.2) is 41.5 Å². The zero-order chi connectivity index (χ0) is 13.0. The molecule has 1 unspecified atom stereocenters. The lowest BCUT2D eigenvalue weighted by Crippen LogP contribution is -2.40. The summed E-state index contributed by atoms with van der Waals surface area (Å²) in [5.41, 5.74) is 0.596. The monoisotopic (exact) mass is 311 g/mol. The molecule has 1 aromatic rings. The lowest BCUT2D eigenvalue weighted by molar-refractivity contribution is 0.0940. The maximum absolute atomic E-state index is 12.0. The average Bonchev–Trinajstić information content (AvgIpc) is 2.84. The van der Waals surface area contributed by atoms with E-state index in [1.807, 2.05) is 0 Å². The normalized spacial score (nSPS) is 20.0. The second kappa shape index (κ2) is 6.29. The van der Waals surface area contributed by atoms with Gasteiger partial charge in [0.25, 0.3) is 5.91 Å². The Kier molecular flexibility index (Phi) is 4.72. The third-order valence-electron chi connectivity index (χ3n) is 3.41. The van der Waals surface area contributed by atoms with E-state index in [0.717, 1.165) is 13.1 Å². The zero-order valence-corrected chi connectivity index (χ0v) is 12.1. The van der Waals surface area contributed by atoms with Crippen LogP contribution in [0.5, 0.6) is 0 Å². The number of halogens is 1. The van der Waals surface area contributed by atoms with Crippen molar-refractivity contribution in [1.82, 2.24) is 15.2 Å². The second-order valence-corrected chi connectivity index (χ2v) is 5.23. The van der Waals surface area contributed by atoms with Crippen LogP contribution in [0.1, 0.15) is 30.1 Å². The highest BCUT2D eigenvalue weighted by molar-refractivity contribution is 9.10. The van der Waals surface area contributed by atoms with Crippen molar-refractivity contribution in [2.45, 2.75) is 25.8 Å². The van der Waals surface area contributed by atoms with Gasteiger partial charge in [0.15, 0.2) is 0 Å². The van der Waals surface area contributed by atoms with E-state index in [-0.39, 0.29) is 5.91 Å². The van der Waals surface area contributed by atoms with Crippen LogP contribution in [0.3, 0.4) is 0 Å². The Balaban J connectivity index is 1.91. The average molecular weight is 312 g/mol. The number of amides is 1. The number of hydrogen-bond acceptors (Lipinski definition) is 3. The largest absolute Gasteiger partial charge is 0.350 e. The number of likely N-dealkylation sites (N-methyl/N-ethyl adjacent to an activating group) is 1. The molecule has 0 aliphatic carbocycles. The molecule has 1 saturated heterocycles. The highest BCUT2D eigenvalue weighted by atomic mass is 79.9. The molecule has 0 saturated carbocycles. The van der Waals surface area contributed by atoms with E-state index in [1.54, 1.807) is 18.3 Å². The first-order chi connectivity index (χ1) is 8.72. The van der Waals surface area contributed by atoms with Crippen LogP contribution >= 0.6 is 15.9 Å². The number of pyridine rings is 1. The number of hydrogen-bond donors (Lipinski definition) is 1. The number of aromatic nitrogens is 1. The summed E-state index contributed by atoms with van der Waals surface area (Å²) >= 11 is 3.29. The van der Waals surface area contributed by atoms with E-state index >= 15 is 0 Å². The molecule has 0 spiro atoms. The topological polar surface area (TPSA) is 45.2 Å². The number of nitrogens with zero attached hydrogens (tertiary/aromatic N) is 2. The summed E-state index contributed by atoms with van der Waals surface area (Å²) in [7, 11) is 0. The molecule has 1 N–H and O–H groups in total. The molecule has 4 nitrogen and oxygen atoms in total. The first-order valence-electron chi connectivity index (χ1n) is 6.35. The number of rotatable bonds is 4. The Labute approximate surface area is 116 Å². The molecule has 1 amide bonds. The Bertz CT molecular complexity index is 424. The van der Waals surface area contributed by atoms with Gasteiger partial charge in [-0.1, -0.05) is 6.92 Å². The molecule has 1 aliphatic rings. The molecule has 5 heteroatoms. The lowest BCUT2D eigenvalue weighted by Gasteiger charge is -2.22. The van der Waals surface area contributed by atoms with E-state index in [0.29, 0.717) is 22.8 Å². The standard InChI is InChI=1S/C13H18BrN3O/c1-2-17-8-4-5-10(17)9-16-13(18)11-6-3-7-15-12(11)14/h3,6-7,10H,2,4-5,8-9H2,1H3,(H,16,18). The quantitative estimate of drug-likeness (QED) is 0.866. The van der Waals surface area contributed by atoms with Gasteiger partial charge in [-0.15, -0.1) is 0 Å². The summed E-state index contributed by atoms with van der Waals surface area (Å²) in [6.07, 6.45) is 4.06. The van der Waals surface area contributed by atoms with Crippen LogP contribution in [0, 0.1) is 0 Å². The molecule has 1 atom stereocenters. The first-order valence-corrected chi connectivity index (χ1v) is 7.14. The molecule has 2 heterocycles. The van der Waals surface area contributed by atoms with Gasteiger partial charge in [-0.05, 0) is 54.0 Å². The van der Waals surface area contributed by atoms with Gasteiger partial charge in [-0.2, -0.15) is 0 Å². The Hall–Kier alpha value is -0.940. The van der Waals surface area contributed by atoms with Crippen molar-refractivity contribution in [1.29, 1.82) is 0 Å². The minimum atomic E-state index is -0.0575. The summed E-state index contributed by atoms with van der Waals surface area (Å²) in [5, 5.41) is 3.00. The van der Waals surface area contributed by atoms with E-state index < -0.39 is 0 Å². The molecule has 1 aromatic heterocycles. The van der Waals surface area contributed by atoms with Crippen molar-refractivity contribution in [2.75, 3.05) is 19.6 Å². The fourth-order valence-electron chi connectivity index (χ4n) is 2.40. The van der Waals surface area contributed by atoms with Gasteiger partial charge in [0.1, 0.15) is 4.60 Å². The van der Waals surface area contributed by atoms with E-state index in [1.165, 1.54) is 12.8 Å². The van der Waals surface area contributed by atoms with Crippen molar-refractivity contribution in [3.63, 3.8) is 0 Å². The smallest absolute Gasteiger partial charge is 0.254 e. The maximum atomic E-state index is 12.0. The summed E-state index contributed by atoms with van der Waals surface area (Å²) in [6.45, 7) is 5.08. The second-order valence-electron chi connectivity index (χ2n) is 4.48. The molecule has 0 radical (unpaired) electrons. The maximum Gasteiger partial charge on any atom is 0.254 e. The molecular weight excluding hydrogens is 294 g/mol. The van der Waals surface area contributed by atoms with Gasteiger partial charge in [-0.25, -0.2) is 4.98 Å².